The Morgan fingerprint density at radius 1 is 1.04 bits per heavy atom. The number of nitrogens with one attached hydrogen (secondary N) is 2. The Morgan fingerprint density at radius 3 is 2.51 bits per heavy atom. The van der Waals surface area contributed by atoms with Gasteiger partial charge in [-0.1, -0.05) is 45.0 Å². The van der Waals surface area contributed by atoms with Gasteiger partial charge in [0, 0.05) is 48.1 Å². The van der Waals surface area contributed by atoms with Crippen LogP contribution >= 0.6 is 0 Å². The molecule has 4 N–H and O–H groups in total. The lowest BCUT2D eigenvalue weighted by molar-refractivity contribution is 0.171. The molecule has 4 unspecified atom stereocenters. The van der Waals surface area contributed by atoms with Crippen LogP contribution in [0.25, 0.3) is 5.65 Å². The van der Waals surface area contributed by atoms with Gasteiger partial charge in [-0.2, -0.15) is 5.10 Å². The molecule has 4 atom stereocenters. The molecule has 1 aliphatic heterocycles. The molecule has 2 aliphatic rings. The highest BCUT2D eigenvalue weighted by Gasteiger charge is 2.31. The van der Waals surface area contributed by atoms with E-state index < -0.39 is 0 Å². The second kappa shape index (κ2) is 15.1. The number of hydrogen-bond acceptors (Lipinski definition) is 9. The van der Waals surface area contributed by atoms with Gasteiger partial charge in [-0.25, -0.2) is 9.79 Å². The fourth-order valence-corrected chi connectivity index (χ4v) is 6.84. The summed E-state index contributed by atoms with van der Waals surface area (Å²) in [5, 5.41) is 19.7. The lowest BCUT2D eigenvalue weighted by Gasteiger charge is -2.39. The second-order valence-electron chi connectivity index (χ2n) is 15.2. The Morgan fingerprint density at radius 2 is 1.78 bits per heavy atom. The van der Waals surface area contributed by atoms with Crippen LogP contribution in [0.5, 0.6) is 5.75 Å². The largest absolute Gasteiger partial charge is 0.484 e. The minimum atomic E-state index is -0.371. The Balaban J connectivity index is 1.18. The van der Waals surface area contributed by atoms with Crippen molar-refractivity contribution in [2.45, 2.75) is 97.5 Å². The molecule has 13 heteroatoms. The van der Waals surface area contributed by atoms with Crippen LogP contribution in [-0.4, -0.2) is 73.9 Å². The molecule has 1 aliphatic carbocycles. The second-order valence-corrected chi connectivity index (χ2v) is 15.2. The molecule has 1 fully saturated rings. The first-order valence-electron chi connectivity index (χ1n) is 18.1. The molecule has 3 aromatic heterocycles. The lowest BCUT2D eigenvalue weighted by atomic mass is 9.85. The number of amidine groups is 1. The smallest absolute Gasteiger partial charge is 0.320 e. The Kier molecular flexibility index (Phi) is 10.7. The van der Waals surface area contributed by atoms with Gasteiger partial charge in [-0.3, -0.25) is 14.4 Å². The van der Waals surface area contributed by atoms with Crippen LogP contribution in [0.1, 0.15) is 90.0 Å². The number of aliphatic imine (C=N–C) groups is 1. The minimum Gasteiger partial charge on any atom is -0.484 e. The van der Waals surface area contributed by atoms with Crippen LogP contribution in [-0.2, 0) is 6.54 Å². The molecular weight excluding hydrogens is 642 g/mol. The van der Waals surface area contributed by atoms with Gasteiger partial charge in [0.25, 0.3) is 0 Å². The summed E-state index contributed by atoms with van der Waals surface area (Å²) in [7, 11) is 4.04. The number of ether oxygens (including phenoxy) is 1. The molecule has 272 valence electrons. The van der Waals surface area contributed by atoms with Crippen LogP contribution in [0.3, 0.4) is 0 Å². The molecule has 0 saturated carbocycles. The van der Waals surface area contributed by atoms with Crippen molar-refractivity contribution in [1.29, 1.82) is 0 Å². The number of hydrogen-bond donors (Lipinski definition) is 3. The predicted octanol–water partition coefficient (Wildman–Crippen LogP) is 6.13. The number of nitrogens with two attached hydrogens (primary N) is 1. The first-order chi connectivity index (χ1) is 24.4. The number of amides is 2. The zero-order valence-electron chi connectivity index (χ0n) is 31.0. The summed E-state index contributed by atoms with van der Waals surface area (Å²) in [4.78, 5) is 22.7. The number of urea groups is 1. The third-order valence-corrected chi connectivity index (χ3v) is 9.84. The molecule has 0 radical (unpaired) electrons. The molecular formula is C38H53N11O2. The van der Waals surface area contributed by atoms with Crippen LogP contribution < -0.4 is 26.0 Å². The van der Waals surface area contributed by atoms with Gasteiger partial charge in [0.1, 0.15) is 17.7 Å². The molecule has 4 aromatic rings. The number of pyridine rings is 1. The van der Waals surface area contributed by atoms with Crippen LogP contribution in [0.4, 0.5) is 16.6 Å². The third kappa shape index (κ3) is 8.53. The van der Waals surface area contributed by atoms with Crippen molar-refractivity contribution in [2.24, 2.45) is 16.1 Å². The number of benzene rings is 1. The van der Waals surface area contributed by atoms with E-state index in [0.29, 0.717) is 35.9 Å². The quantitative estimate of drug-likeness (QED) is 0.140. The first-order valence-corrected chi connectivity index (χ1v) is 18.1. The number of carbonyl (C=O) groups is 1. The summed E-state index contributed by atoms with van der Waals surface area (Å²) in [6.07, 6.45) is 10.3. The number of anilines is 1. The topological polar surface area (TPSA) is 143 Å². The number of piperidine rings is 1. The van der Waals surface area contributed by atoms with Gasteiger partial charge in [0.05, 0.1) is 18.8 Å². The minimum absolute atomic E-state index is 0.179. The molecule has 13 nitrogen and oxygen atoms in total. The van der Waals surface area contributed by atoms with Gasteiger partial charge in [-0.05, 0) is 83.3 Å². The average Bonchev–Trinajstić information content (AvgIpc) is 3.71. The highest BCUT2D eigenvalue weighted by atomic mass is 16.5. The summed E-state index contributed by atoms with van der Waals surface area (Å²) in [5.74, 6) is 2.41. The Labute approximate surface area is 301 Å². The van der Waals surface area contributed by atoms with Crippen LogP contribution in [0.2, 0.25) is 0 Å². The van der Waals surface area contributed by atoms with Crippen molar-refractivity contribution in [2.75, 3.05) is 25.5 Å². The zero-order valence-corrected chi connectivity index (χ0v) is 31.0. The van der Waals surface area contributed by atoms with E-state index in [4.69, 9.17) is 10.5 Å². The van der Waals surface area contributed by atoms with E-state index in [1.54, 1.807) is 6.08 Å². The molecule has 2 amide bonds. The Bertz CT molecular complexity index is 1880. The Hall–Kier alpha value is -4.91. The van der Waals surface area contributed by atoms with Crippen molar-refractivity contribution < 1.29 is 9.53 Å². The van der Waals surface area contributed by atoms with Gasteiger partial charge < -0.3 is 25.6 Å². The molecule has 51 heavy (non-hydrogen) atoms. The summed E-state index contributed by atoms with van der Waals surface area (Å²) in [6, 6.07) is 14.1. The standard InChI is InChI=1S/C38H53N11O2/c1-25-11-10-12-26(2)49(25)37-44-43-35-18-15-27(24-48(35)37)51-31-17-16-30(28-13-8-9-14-29(28)31)40-36(50)42-34(23-32(39)38(3,4)5)41-33-19-20-47(45-33)22-21-46(6)7/h8-9,13-15,18-20,23-26,30-31H,10-12,16-17,21-22,39H2,1-7H3,(H2,40,41,42,45,50). The number of allylic oxidation sites excluding steroid dienone is 1. The summed E-state index contributed by atoms with van der Waals surface area (Å²) in [5.41, 5.74) is 9.57. The average molecular weight is 696 g/mol. The maximum Gasteiger partial charge on any atom is 0.320 e. The van der Waals surface area contributed by atoms with E-state index in [0.717, 1.165) is 60.8 Å². The van der Waals surface area contributed by atoms with Crippen molar-refractivity contribution in [3.05, 3.63) is 77.8 Å². The van der Waals surface area contributed by atoms with Crippen LogP contribution in [0, 0.1) is 5.41 Å². The fourth-order valence-electron chi connectivity index (χ4n) is 6.84. The monoisotopic (exact) mass is 695 g/mol. The molecule has 1 saturated heterocycles. The van der Waals surface area contributed by atoms with Crippen molar-refractivity contribution in [3.8, 4) is 5.75 Å². The third-order valence-electron chi connectivity index (χ3n) is 9.84. The van der Waals surface area contributed by atoms with Gasteiger partial charge in [0.2, 0.25) is 5.95 Å². The number of rotatable bonds is 9. The lowest BCUT2D eigenvalue weighted by Crippen LogP contribution is -2.44. The van der Waals surface area contributed by atoms with Crippen LogP contribution in [0.15, 0.2) is 71.6 Å². The summed E-state index contributed by atoms with van der Waals surface area (Å²) < 4.78 is 10.6. The highest BCUT2D eigenvalue weighted by Crippen LogP contribution is 2.39. The van der Waals surface area contributed by atoms with E-state index in [9.17, 15) is 4.79 Å². The number of fused-ring (bicyclic) bond motifs is 2. The zero-order chi connectivity index (χ0) is 36.3. The summed E-state index contributed by atoms with van der Waals surface area (Å²) in [6.45, 7) is 12.1. The first kappa shape index (κ1) is 35.9. The van der Waals surface area contributed by atoms with Crippen molar-refractivity contribution >= 4 is 29.3 Å². The van der Waals surface area contributed by atoms with E-state index in [2.05, 4.69) is 66.7 Å². The number of likely N-dealkylation sites (N-methyl/N-ethyl adjacent to an activating group) is 1. The highest BCUT2D eigenvalue weighted by molar-refractivity contribution is 6.05. The number of nitrogens with zero attached hydrogens (tertiary/aromatic N) is 8. The van der Waals surface area contributed by atoms with Gasteiger partial charge in [0.15, 0.2) is 11.5 Å². The molecule has 0 spiro atoms. The number of carbonyl (C=O) groups excluding carboxylic acids is 1. The van der Waals surface area contributed by atoms with E-state index >= 15 is 0 Å². The van der Waals surface area contributed by atoms with E-state index in [-0.39, 0.29) is 23.6 Å². The maximum absolute atomic E-state index is 13.6. The summed E-state index contributed by atoms with van der Waals surface area (Å²) >= 11 is 0. The van der Waals surface area contributed by atoms with E-state index in [1.165, 1.54) is 6.42 Å². The molecule has 0 bridgehead atoms. The SMILES string of the molecule is CC1CCCC(C)N1c1nnc2ccc(OC3CCC(NC(=O)NC(C=C(N)C(C)(C)C)=Nc4ccn(CCN(C)C)n4)c4ccccc43)cn12. The maximum atomic E-state index is 13.6. The fraction of sp³-hybridized carbons (Fsp3) is 0.500. The predicted molar refractivity (Wildman–Crippen MR) is 201 cm³/mol. The van der Waals surface area contributed by atoms with E-state index in [1.807, 2.05) is 86.7 Å². The number of aromatic nitrogens is 5. The molecule has 6 rings (SSSR count). The van der Waals surface area contributed by atoms with Gasteiger partial charge in [-0.15, -0.1) is 10.2 Å². The van der Waals surface area contributed by atoms with Crippen molar-refractivity contribution in [3.63, 3.8) is 0 Å². The normalized spacial score (nSPS) is 21.5. The van der Waals surface area contributed by atoms with Gasteiger partial charge >= 0.3 is 6.03 Å². The van der Waals surface area contributed by atoms with Crippen molar-refractivity contribution in [1.82, 2.24) is 39.9 Å². The molecule has 1 aromatic carbocycles. The molecule has 4 heterocycles.